The molecule has 32 heavy (non-hydrogen) atoms. The minimum Gasteiger partial charge on any atom is -0.504 e. The van der Waals surface area contributed by atoms with Gasteiger partial charge in [0.1, 0.15) is 6.79 Å². The van der Waals surface area contributed by atoms with Gasteiger partial charge in [-0.2, -0.15) is 0 Å². The number of phenols is 1. The monoisotopic (exact) mass is 464 g/mol. The molecule has 2 rings (SSSR count). The Morgan fingerprint density at radius 1 is 1.28 bits per heavy atom. The number of hydrogen-bond acceptors (Lipinski definition) is 8. The lowest BCUT2D eigenvalue weighted by molar-refractivity contribution is -0.131. The Labute approximate surface area is 193 Å². The zero-order valence-corrected chi connectivity index (χ0v) is 20.2. The number of likely N-dealkylation sites (N-methyl/N-ethyl adjacent to an activating group) is 2. The van der Waals surface area contributed by atoms with E-state index in [9.17, 15) is 14.7 Å². The van der Waals surface area contributed by atoms with Crippen LogP contribution in [0.2, 0.25) is 0 Å². The average molecular weight is 465 g/mol. The van der Waals surface area contributed by atoms with Crippen molar-refractivity contribution < 1.29 is 24.2 Å². The first kappa shape index (κ1) is 28.5. The molecule has 1 heterocycles. The van der Waals surface area contributed by atoms with Crippen LogP contribution in [0.3, 0.4) is 0 Å². The van der Waals surface area contributed by atoms with Gasteiger partial charge in [-0.1, -0.05) is 6.07 Å². The second-order valence-corrected chi connectivity index (χ2v) is 7.48. The summed E-state index contributed by atoms with van der Waals surface area (Å²) in [4.78, 5) is 34.5. The van der Waals surface area contributed by atoms with Crippen molar-refractivity contribution in [3.05, 3.63) is 40.2 Å². The fraction of sp³-hybridized carbons (Fsp3) is 0.318. The van der Waals surface area contributed by atoms with Gasteiger partial charge in [0.2, 0.25) is 12.3 Å². The van der Waals surface area contributed by atoms with E-state index in [0.717, 1.165) is 5.69 Å². The largest absolute Gasteiger partial charge is 0.504 e. The van der Waals surface area contributed by atoms with E-state index in [-0.39, 0.29) is 18.2 Å². The van der Waals surface area contributed by atoms with Crippen LogP contribution in [0.1, 0.15) is 10.4 Å². The van der Waals surface area contributed by atoms with Gasteiger partial charge in [0.15, 0.2) is 11.5 Å². The van der Waals surface area contributed by atoms with E-state index < -0.39 is 0 Å². The fourth-order valence-electron chi connectivity index (χ4n) is 2.44. The lowest BCUT2D eigenvalue weighted by Gasteiger charge is -2.18. The molecule has 2 amide bonds. The van der Waals surface area contributed by atoms with Crippen molar-refractivity contribution in [2.45, 2.75) is 6.92 Å². The van der Waals surface area contributed by atoms with Crippen LogP contribution < -0.4 is 15.4 Å². The third-order valence-corrected chi connectivity index (χ3v) is 4.93. The molecule has 1 aromatic carbocycles. The summed E-state index contributed by atoms with van der Waals surface area (Å²) in [7, 11) is 8.05. The van der Waals surface area contributed by atoms with E-state index in [1.165, 1.54) is 35.0 Å². The highest BCUT2D eigenvalue weighted by molar-refractivity contribution is 7.09. The number of rotatable bonds is 8. The number of ether oxygens (including phenoxy) is 1. The molecule has 0 bridgehead atoms. The van der Waals surface area contributed by atoms with Crippen LogP contribution in [0.15, 0.2) is 29.8 Å². The molecule has 0 atom stereocenters. The Bertz CT molecular complexity index is 872. The molecule has 9 nitrogen and oxygen atoms in total. The molecule has 0 spiro atoms. The van der Waals surface area contributed by atoms with Gasteiger partial charge in [0, 0.05) is 50.9 Å². The Morgan fingerprint density at radius 3 is 2.34 bits per heavy atom. The molecule has 10 heteroatoms. The molecule has 0 saturated carbocycles. The van der Waals surface area contributed by atoms with Crippen LogP contribution in [-0.4, -0.2) is 75.9 Å². The molecule has 0 radical (unpaired) electrons. The summed E-state index contributed by atoms with van der Waals surface area (Å²) < 4.78 is 5.17. The predicted molar refractivity (Wildman–Crippen MR) is 130 cm³/mol. The number of aromatic hydroxyl groups is 1. The smallest absolute Gasteiger partial charge is 0.245 e. The highest BCUT2D eigenvalue weighted by Crippen LogP contribution is 2.41. The van der Waals surface area contributed by atoms with Crippen LogP contribution in [0.25, 0.3) is 6.08 Å². The second-order valence-electron chi connectivity index (χ2n) is 6.33. The van der Waals surface area contributed by atoms with Crippen molar-refractivity contribution in [1.29, 1.82) is 0 Å². The molecule has 0 aliphatic heterocycles. The van der Waals surface area contributed by atoms with E-state index >= 15 is 0 Å². The Hall–Kier alpha value is -3.53. The van der Waals surface area contributed by atoms with Crippen LogP contribution in [-0.2, 0) is 14.4 Å². The normalized spacial score (nSPS) is 9.56. The van der Waals surface area contributed by atoms with Crippen molar-refractivity contribution in [3.63, 3.8) is 0 Å². The van der Waals surface area contributed by atoms with E-state index in [4.69, 9.17) is 9.53 Å². The number of hydrogen-bond donors (Lipinski definition) is 3. The van der Waals surface area contributed by atoms with E-state index in [1.807, 2.05) is 6.79 Å². The molecule has 176 valence electrons. The highest BCUT2D eigenvalue weighted by Gasteiger charge is 2.16. The van der Waals surface area contributed by atoms with Crippen molar-refractivity contribution >= 4 is 47.9 Å². The molecule has 0 aliphatic carbocycles. The Morgan fingerprint density at radius 2 is 1.94 bits per heavy atom. The average Bonchev–Trinajstić information content (AvgIpc) is 3.29. The standard InChI is InChI=1S/C16H24N4O4.C5H6S.CH2O/c1-17-12-8-13(24-5)16(23)11(15(12)18-2)6-7-20(4)14(22)9-19(3)10-21;1-5-3-2-4-6-5;1-2/h6-8,10,17-18,23H,9H2,1-5H3;2-4H,1H3;1H2/b7-6+;;. The summed E-state index contributed by atoms with van der Waals surface area (Å²) in [6.07, 6.45) is 3.71. The molecule has 2 aromatic rings. The number of methoxy groups -OCH3 is 1. The van der Waals surface area contributed by atoms with Crippen LogP contribution in [0, 0.1) is 6.92 Å². The SMILES string of the molecule is C=O.CNc1cc(OC)c(O)c(/C=C/N(C)C(=O)CN(C)C=O)c1NC.Cc1cccs1. The lowest BCUT2D eigenvalue weighted by Crippen LogP contribution is -2.33. The summed E-state index contributed by atoms with van der Waals surface area (Å²) in [5.74, 6) is 0.0127. The molecule has 0 unspecified atom stereocenters. The summed E-state index contributed by atoms with van der Waals surface area (Å²) in [6.45, 7) is 4.07. The number of aryl methyl sites for hydroxylation is 1. The van der Waals surface area contributed by atoms with Gasteiger partial charge in [-0.25, -0.2) is 0 Å². The van der Waals surface area contributed by atoms with Crippen molar-refractivity contribution in [1.82, 2.24) is 9.80 Å². The number of benzene rings is 1. The van der Waals surface area contributed by atoms with Crippen molar-refractivity contribution in [2.24, 2.45) is 0 Å². The topological polar surface area (TPSA) is 111 Å². The minimum atomic E-state index is -0.261. The van der Waals surface area contributed by atoms with Gasteiger partial charge in [0.25, 0.3) is 0 Å². The summed E-state index contributed by atoms with van der Waals surface area (Å²) in [5.41, 5.74) is 1.88. The number of thiophene rings is 1. The molecular weight excluding hydrogens is 432 g/mol. The van der Waals surface area contributed by atoms with Gasteiger partial charge in [-0.3, -0.25) is 9.59 Å². The summed E-state index contributed by atoms with van der Waals surface area (Å²) in [5, 5.41) is 18.5. The first-order valence-corrected chi connectivity index (χ1v) is 10.3. The lowest BCUT2D eigenvalue weighted by atomic mass is 10.1. The number of nitrogens with one attached hydrogen (secondary N) is 2. The van der Waals surface area contributed by atoms with Gasteiger partial charge in [0.05, 0.1) is 25.0 Å². The van der Waals surface area contributed by atoms with Crippen LogP contribution >= 0.6 is 11.3 Å². The van der Waals surface area contributed by atoms with E-state index in [2.05, 4.69) is 35.1 Å². The molecular formula is C22H32N4O5S. The summed E-state index contributed by atoms with van der Waals surface area (Å²) >= 11 is 1.78. The highest BCUT2D eigenvalue weighted by atomic mass is 32.1. The number of carbonyl (C=O) groups is 3. The number of anilines is 2. The fourth-order valence-corrected chi connectivity index (χ4v) is 2.97. The van der Waals surface area contributed by atoms with Gasteiger partial charge < -0.3 is 35.1 Å². The van der Waals surface area contributed by atoms with E-state index in [0.29, 0.717) is 23.4 Å². The van der Waals surface area contributed by atoms with Crippen LogP contribution in [0.4, 0.5) is 11.4 Å². The van der Waals surface area contributed by atoms with Crippen LogP contribution in [0.5, 0.6) is 11.5 Å². The van der Waals surface area contributed by atoms with Gasteiger partial charge in [-0.05, 0) is 24.4 Å². The first-order chi connectivity index (χ1) is 15.3. The minimum absolute atomic E-state index is 0.0327. The van der Waals surface area contributed by atoms with Gasteiger partial charge in [-0.15, -0.1) is 11.3 Å². The number of nitrogens with zero attached hydrogens (tertiary/aromatic N) is 2. The predicted octanol–water partition coefficient (Wildman–Crippen LogP) is 2.87. The number of amides is 2. The van der Waals surface area contributed by atoms with E-state index in [1.54, 1.807) is 44.6 Å². The zero-order chi connectivity index (χ0) is 24.7. The number of carbonyl (C=O) groups excluding carboxylic acids is 3. The summed E-state index contributed by atoms with van der Waals surface area (Å²) in [6, 6.07) is 5.83. The van der Waals surface area contributed by atoms with Gasteiger partial charge >= 0.3 is 0 Å². The Balaban J connectivity index is 0.00000101. The second kappa shape index (κ2) is 15.3. The molecule has 0 saturated heterocycles. The van der Waals surface area contributed by atoms with Crippen molar-refractivity contribution in [3.8, 4) is 11.5 Å². The number of phenolic OH excluding ortho intramolecular Hbond substituents is 1. The molecule has 0 fully saturated rings. The van der Waals surface area contributed by atoms with Crippen molar-refractivity contribution in [2.75, 3.05) is 52.5 Å². The Kier molecular flexibility index (Phi) is 13.6. The maximum absolute atomic E-state index is 12.0. The molecule has 3 N–H and O–H groups in total. The third-order valence-electron chi connectivity index (χ3n) is 4.13. The maximum Gasteiger partial charge on any atom is 0.245 e. The third kappa shape index (κ3) is 8.68. The zero-order valence-electron chi connectivity index (χ0n) is 19.3. The maximum atomic E-state index is 12.0. The molecule has 0 aliphatic rings. The first-order valence-electron chi connectivity index (χ1n) is 9.46. The molecule has 1 aromatic heterocycles. The quantitative estimate of drug-likeness (QED) is 0.407.